The fourth-order valence-corrected chi connectivity index (χ4v) is 3.41. The molecular weight excluding hydrogens is 409 g/mol. The topological polar surface area (TPSA) is 77.2 Å². The summed E-state index contributed by atoms with van der Waals surface area (Å²) in [5.41, 5.74) is 6.35. The van der Waals surface area contributed by atoms with Gasteiger partial charge < -0.3 is 15.8 Å². The summed E-state index contributed by atoms with van der Waals surface area (Å²) in [5.74, 6) is 1.37. The van der Waals surface area contributed by atoms with Crippen LogP contribution in [0.5, 0.6) is 11.5 Å². The number of hydrogen-bond donors (Lipinski definition) is 2. The molecule has 148 valence electrons. The van der Waals surface area contributed by atoms with Gasteiger partial charge in [-0.2, -0.15) is 0 Å². The van der Waals surface area contributed by atoms with Crippen LogP contribution in [-0.2, 0) is 0 Å². The van der Waals surface area contributed by atoms with Gasteiger partial charge in [0, 0.05) is 24.0 Å². The summed E-state index contributed by atoms with van der Waals surface area (Å²) in [6.07, 6.45) is 7.64. The molecule has 2 unspecified atom stereocenters. The van der Waals surface area contributed by atoms with Crippen LogP contribution in [-0.4, -0.2) is 23.5 Å². The number of rotatable bonds is 5. The van der Waals surface area contributed by atoms with Crippen molar-refractivity contribution in [3.05, 3.63) is 53.3 Å². The Kier molecular flexibility index (Phi) is 9.88. The highest BCUT2D eigenvalue weighted by molar-refractivity contribution is 6.32. The first-order chi connectivity index (χ1) is 12.2. The highest BCUT2D eigenvalue weighted by Crippen LogP contribution is 2.30. The molecule has 1 heterocycles. The van der Waals surface area contributed by atoms with E-state index in [0.717, 1.165) is 19.3 Å². The van der Waals surface area contributed by atoms with Crippen molar-refractivity contribution in [3.63, 3.8) is 0 Å². The maximum Gasteiger partial charge on any atom is 0.251 e. The molecule has 1 saturated carbocycles. The largest absolute Gasteiger partial charge is 0.456 e. The van der Waals surface area contributed by atoms with Crippen LogP contribution in [0.1, 0.15) is 36.0 Å². The number of nitrogens with one attached hydrogen (secondary N) is 1. The first-order valence-electron chi connectivity index (χ1n) is 8.55. The van der Waals surface area contributed by atoms with E-state index in [9.17, 15) is 4.79 Å². The van der Waals surface area contributed by atoms with E-state index >= 15 is 0 Å². The van der Waals surface area contributed by atoms with E-state index in [2.05, 4.69) is 10.3 Å². The van der Waals surface area contributed by atoms with Crippen molar-refractivity contribution in [2.75, 3.05) is 6.54 Å². The van der Waals surface area contributed by atoms with Crippen LogP contribution in [0.25, 0.3) is 0 Å². The van der Waals surface area contributed by atoms with E-state index in [-0.39, 0.29) is 36.8 Å². The molecule has 0 aliphatic heterocycles. The first-order valence-corrected chi connectivity index (χ1v) is 8.93. The molecule has 3 rings (SSSR count). The molecule has 2 atom stereocenters. The van der Waals surface area contributed by atoms with Gasteiger partial charge in [0.25, 0.3) is 5.91 Å². The van der Waals surface area contributed by atoms with E-state index in [4.69, 9.17) is 22.1 Å². The van der Waals surface area contributed by atoms with Crippen molar-refractivity contribution < 1.29 is 9.53 Å². The maximum atomic E-state index is 12.5. The number of nitrogens with two attached hydrogens (primary N) is 1. The van der Waals surface area contributed by atoms with Crippen LogP contribution in [0.3, 0.4) is 0 Å². The zero-order valence-electron chi connectivity index (χ0n) is 14.8. The fraction of sp³-hybridized carbons (Fsp3) is 0.368. The van der Waals surface area contributed by atoms with Crippen LogP contribution >= 0.6 is 36.4 Å². The second-order valence-electron chi connectivity index (χ2n) is 6.29. The summed E-state index contributed by atoms with van der Waals surface area (Å²) in [7, 11) is 0. The molecule has 1 aliphatic carbocycles. The molecule has 1 amide bonds. The Hall–Kier alpha value is -1.53. The van der Waals surface area contributed by atoms with Gasteiger partial charge in [0.1, 0.15) is 11.5 Å². The Balaban J connectivity index is 0.00000182. The van der Waals surface area contributed by atoms with Gasteiger partial charge in [-0.15, -0.1) is 24.8 Å². The van der Waals surface area contributed by atoms with Crippen molar-refractivity contribution in [2.45, 2.75) is 31.7 Å². The van der Waals surface area contributed by atoms with Gasteiger partial charge in [0.15, 0.2) is 0 Å². The Bertz CT molecular complexity index is 731. The monoisotopic (exact) mass is 431 g/mol. The molecule has 3 N–H and O–H groups in total. The minimum absolute atomic E-state index is 0. The molecule has 0 saturated heterocycles. The van der Waals surface area contributed by atoms with Gasteiger partial charge in [-0.25, -0.2) is 0 Å². The number of ether oxygens (including phenoxy) is 1. The van der Waals surface area contributed by atoms with E-state index in [1.165, 1.54) is 6.42 Å². The minimum atomic E-state index is -0.122. The molecule has 1 aliphatic rings. The molecule has 8 heteroatoms. The smallest absolute Gasteiger partial charge is 0.251 e. The number of amides is 1. The van der Waals surface area contributed by atoms with Crippen LogP contribution in [0.15, 0.2) is 42.7 Å². The number of benzene rings is 1. The van der Waals surface area contributed by atoms with Crippen LogP contribution in [0, 0.1) is 5.92 Å². The lowest BCUT2D eigenvalue weighted by molar-refractivity contribution is 0.0908. The number of hydrogen-bond acceptors (Lipinski definition) is 4. The van der Waals surface area contributed by atoms with E-state index < -0.39 is 0 Å². The Morgan fingerprint density at radius 1 is 1.19 bits per heavy atom. The van der Waals surface area contributed by atoms with Crippen molar-refractivity contribution in [1.29, 1.82) is 0 Å². The highest BCUT2D eigenvalue weighted by Gasteiger charge is 2.25. The zero-order valence-corrected chi connectivity index (χ0v) is 17.2. The number of carbonyl (C=O) groups is 1. The highest BCUT2D eigenvalue weighted by atomic mass is 35.5. The lowest BCUT2D eigenvalue weighted by atomic mass is 9.84. The average molecular weight is 433 g/mol. The molecule has 0 bridgehead atoms. The molecule has 1 aromatic heterocycles. The second kappa shape index (κ2) is 11.3. The molecule has 0 spiro atoms. The van der Waals surface area contributed by atoms with E-state index in [0.29, 0.717) is 34.5 Å². The lowest BCUT2D eigenvalue weighted by Gasteiger charge is -2.31. The SMILES string of the molecule is Cl.Cl.NCC1CCCCC1NC(=O)c1ccc(Oc2ccncc2)c(Cl)c1. The number of pyridine rings is 1. The third kappa shape index (κ3) is 6.25. The molecule has 0 radical (unpaired) electrons. The van der Waals surface area contributed by atoms with Gasteiger partial charge in [0.05, 0.1) is 5.02 Å². The van der Waals surface area contributed by atoms with E-state index in [1.807, 2.05) is 0 Å². The van der Waals surface area contributed by atoms with Gasteiger partial charge in [-0.05, 0) is 55.6 Å². The number of carbonyl (C=O) groups excluding carboxylic acids is 1. The van der Waals surface area contributed by atoms with Crippen LogP contribution in [0.2, 0.25) is 5.02 Å². The second-order valence-corrected chi connectivity index (χ2v) is 6.70. The minimum Gasteiger partial charge on any atom is -0.456 e. The summed E-state index contributed by atoms with van der Waals surface area (Å²) < 4.78 is 5.71. The van der Waals surface area contributed by atoms with Crippen LogP contribution in [0.4, 0.5) is 0 Å². The average Bonchev–Trinajstić information content (AvgIpc) is 2.64. The summed E-state index contributed by atoms with van der Waals surface area (Å²) in [6.45, 7) is 0.602. The van der Waals surface area contributed by atoms with Gasteiger partial charge in [0.2, 0.25) is 0 Å². The van der Waals surface area contributed by atoms with Crippen molar-refractivity contribution in [3.8, 4) is 11.5 Å². The van der Waals surface area contributed by atoms with Gasteiger partial charge in [-0.3, -0.25) is 9.78 Å². The molecule has 27 heavy (non-hydrogen) atoms. The predicted octanol–water partition coefficient (Wildman–Crippen LogP) is 4.62. The normalized spacial score (nSPS) is 18.6. The zero-order chi connectivity index (χ0) is 17.6. The van der Waals surface area contributed by atoms with Crippen molar-refractivity contribution in [2.24, 2.45) is 11.7 Å². The molecule has 1 aromatic carbocycles. The lowest BCUT2D eigenvalue weighted by Crippen LogP contribution is -2.44. The van der Waals surface area contributed by atoms with Crippen molar-refractivity contribution in [1.82, 2.24) is 10.3 Å². The Labute approximate surface area is 176 Å². The summed E-state index contributed by atoms with van der Waals surface area (Å²) in [6, 6.07) is 8.68. The summed E-state index contributed by atoms with van der Waals surface area (Å²) in [4.78, 5) is 16.5. The molecule has 1 fully saturated rings. The number of nitrogens with zero attached hydrogens (tertiary/aromatic N) is 1. The van der Waals surface area contributed by atoms with E-state index in [1.54, 1.807) is 42.7 Å². The third-order valence-corrected chi connectivity index (χ3v) is 4.90. The quantitative estimate of drug-likeness (QED) is 0.723. The third-order valence-electron chi connectivity index (χ3n) is 4.60. The van der Waals surface area contributed by atoms with Crippen molar-refractivity contribution >= 4 is 42.3 Å². The maximum absolute atomic E-state index is 12.5. The predicted molar refractivity (Wildman–Crippen MR) is 113 cm³/mol. The fourth-order valence-electron chi connectivity index (χ4n) is 3.19. The Morgan fingerprint density at radius 3 is 2.56 bits per heavy atom. The summed E-state index contributed by atoms with van der Waals surface area (Å²) in [5, 5.41) is 3.50. The Morgan fingerprint density at radius 2 is 1.89 bits per heavy atom. The molecule has 5 nitrogen and oxygen atoms in total. The standard InChI is InChI=1S/C19H22ClN3O2.2ClH/c20-16-11-13(5-6-18(16)25-15-7-9-22-10-8-15)19(24)23-17-4-2-1-3-14(17)12-21;;/h5-11,14,17H,1-4,12,21H2,(H,23,24);2*1H. The molecular formula is C19H24Cl3N3O2. The van der Waals surface area contributed by atoms with Crippen LogP contribution < -0.4 is 15.8 Å². The van der Waals surface area contributed by atoms with Gasteiger partial charge in [-0.1, -0.05) is 24.4 Å². The summed E-state index contributed by atoms with van der Waals surface area (Å²) >= 11 is 6.28. The first kappa shape index (κ1) is 23.5. The van der Waals surface area contributed by atoms with Gasteiger partial charge >= 0.3 is 0 Å². The number of aromatic nitrogens is 1. The molecule has 2 aromatic rings. The number of halogens is 3.